The molecule has 0 bridgehead atoms. The van der Waals surface area contributed by atoms with Crippen LogP contribution in [0.1, 0.15) is 56.8 Å². The number of hydrogen-bond donors (Lipinski definition) is 1. The maximum absolute atomic E-state index is 12.4. The monoisotopic (exact) mass is 389 g/mol. The molecule has 1 saturated carbocycles. The van der Waals surface area contributed by atoms with Gasteiger partial charge in [-0.05, 0) is 64.0 Å². The normalized spacial score (nSPS) is 24.4. The fourth-order valence-electron chi connectivity index (χ4n) is 4.23. The molecule has 1 aliphatic heterocycles. The lowest BCUT2D eigenvalue weighted by atomic mass is 9.61. The van der Waals surface area contributed by atoms with Crippen LogP contribution in [0, 0.1) is 15.5 Å². The molecule has 8 heteroatoms. The van der Waals surface area contributed by atoms with Gasteiger partial charge in [0, 0.05) is 30.8 Å². The number of anilines is 1. The van der Waals surface area contributed by atoms with E-state index in [1.54, 1.807) is 17.0 Å². The van der Waals surface area contributed by atoms with E-state index in [2.05, 4.69) is 5.32 Å². The average Bonchev–Trinajstić information content (AvgIpc) is 2.59. The van der Waals surface area contributed by atoms with E-state index < -0.39 is 10.5 Å². The van der Waals surface area contributed by atoms with Gasteiger partial charge in [-0.2, -0.15) is 0 Å². The van der Waals surface area contributed by atoms with Crippen LogP contribution in [0.3, 0.4) is 0 Å². The Labute approximate surface area is 164 Å². The van der Waals surface area contributed by atoms with Crippen LogP contribution in [-0.2, 0) is 4.74 Å². The summed E-state index contributed by atoms with van der Waals surface area (Å²) in [5.74, 6) is 0. The molecule has 1 N–H and O–H groups in total. The number of nitro benzene ring substituents is 1. The number of benzene rings is 1. The van der Waals surface area contributed by atoms with Crippen LogP contribution in [0.15, 0.2) is 18.2 Å². The highest BCUT2D eigenvalue weighted by molar-refractivity contribution is 5.79. The number of nitrogens with one attached hydrogen (secondary N) is 1. The van der Waals surface area contributed by atoms with E-state index in [-0.39, 0.29) is 28.8 Å². The Bertz CT molecular complexity index is 781. The van der Waals surface area contributed by atoms with Crippen LogP contribution in [0.4, 0.5) is 16.2 Å². The van der Waals surface area contributed by atoms with E-state index in [0.717, 1.165) is 25.7 Å². The summed E-state index contributed by atoms with van der Waals surface area (Å²) < 4.78 is 5.49. The van der Waals surface area contributed by atoms with Crippen LogP contribution in [0.25, 0.3) is 0 Å². The fraction of sp³-hybridized carbons (Fsp3) is 0.600. The molecule has 0 radical (unpaired) electrons. The zero-order chi connectivity index (χ0) is 20.5. The quantitative estimate of drug-likeness (QED) is 0.474. The number of rotatable bonds is 4. The van der Waals surface area contributed by atoms with Crippen molar-refractivity contribution in [3.05, 3.63) is 33.9 Å². The number of carbonyl (C=O) groups excluding carboxylic acids is 2. The van der Waals surface area contributed by atoms with Gasteiger partial charge in [-0.3, -0.25) is 14.9 Å². The molecule has 2 fully saturated rings. The molecule has 152 valence electrons. The maximum atomic E-state index is 12.4. The number of aldehydes is 1. The highest BCUT2D eigenvalue weighted by atomic mass is 16.6. The molecule has 28 heavy (non-hydrogen) atoms. The molecule has 1 saturated heterocycles. The van der Waals surface area contributed by atoms with Gasteiger partial charge in [-0.15, -0.1) is 0 Å². The Balaban J connectivity index is 1.61. The van der Waals surface area contributed by atoms with Gasteiger partial charge in [0.15, 0.2) is 0 Å². The van der Waals surface area contributed by atoms with Gasteiger partial charge in [0.1, 0.15) is 17.6 Å². The first-order valence-corrected chi connectivity index (χ1v) is 9.59. The molecule has 1 aromatic rings. The topological polar surface area (TPSA) is 102 Å². The lowest BCUT2D eigenvalue weighted by Crippen LogP contribution is -2.56. The Morgan fingerprint density at radius 1 is 1.39 bits per heavy atom. The number of piperidine rings is 1. The first kappa shape index (κ1) is 20.1. The van der Waals surface area contributed by atoms with Crippen molar-refractivity contribution in [1.82, 2.24) is 4.90 Å². The second-order valence-corrected chi connectivity index (χ2v) is 8.91. The molecule has 0 aromatic heterocycles. The highest BCUT2D eigenvalue weighted by Crippen LogP contribution is 2.49. The van der Waals surface area contributed by atoms with Gasteiger partial charge in [0.2, 0.25) is 0 Å². The molecule has 0 atom stereocenters. The molecule has 2 aliphatic rings. The van der Waals surface area contributed by atoms with Crippen molar-refractivity contribution in [3.63, 3.8) is 0 Å². The Morgan fingerprint density at radius 2 is 2.11 bits per heavy atom. The number of amides is 1. The summed E-state index contributed by atoms with van der Waals surface area (Å²) in [6, 6.07) is 4.55. The van der Waals surface area contributed by atoms with Crippen LogP contribution < -0.4 is 5.32 Å². The minimum absolute atomic E-state index is 0.0460. The summed E-state index contributed by atoms with van der Waals surface area (Å²) in [6.45, 7) is 6.93. The van der Waals surface area contributed by atoms with E-state index in [1.165, 1.54) is 6.07 Å². The van der Waals surface area contributed by atoms with Crippen LogP contribution in [-0.4, -0.2) is 46.9 Å². The SMILES string of the molecule is CC(C)(C)OC(=O)N1CCCC2(CC(Nc3ccc(C=O)cc3[N+](=O)[O-])C2)C1. The second kappa shape index (κ2) is 7.41. The summed E-state index contributed by atoms with van der Waals surface area (Å²) in [6.07, 6.45) is 3.99. The molecule has 8 nitrogen and oxygen atoms in total. The van der Waals surface area contributed by atoms with Crippen LogP contribution in [0.5, 0.6) is 0 Å². The molecule has 1 heterocycles. The summed E-state index contributed by atoms with van der Waals surface area (Å²) in [5, 5.41) is 14.5. The molecule has 1 aromatic carbocycles. The van der Waals surface area contributed by atoms with Gasteiger partial charge < -0.3 is 15.0 Å². The Hall–Kier alpha value is -2.64. The molecule has 1 aliphatic carbocycles. The summed E-state index contributed by atoms with van der Waals surface area (Å²) in [5.41, 5.74) is 0.143. The molecule has 3 rings (SSSR count). The standard InChI is InChI=1S/C20H27N3O5/c1-19(2,3)28-18(25)22-8-4-7-20(13-22)10-15(11-20)21-16-6-5-14(12-24)9-17(16)23(26)27/h5-6,9,12,15,21H,4,7-8,10-11,13H2,1-3H3. The van der Waals surface area contributed by atoms with E-state index in [9.17, 15) is 19.7 Å². The largest absolute Gasteiger partial charge is 0.444 e. The van der Waals surface area contributed by atoms with Crippen LogP contribution >= 0.6 is 0 Å². The minimum atomic E-state index is -0.516. The van der Waals surface area contributed by atoms with Crippen molar-refractivity contribution in [2.24, 2.45) is 5.41 Å². The third-order valence-electron chi connectivity index (χ3n) is 5.39. The fourth-order valence-corrected chi connectivity index (χ4v) is 4.23. The van der Waals surface area contributed by atoms with Gasteiger partial charge in [-0.1, -0.05) is 0 Å². The lowest BCUT2D eigenvalue weighted by molar-refractivity contribution is -0.384. The summed E-state index contributed by atoms with van der Waals surface area (Å²) in [4.78, 5) is 35.9. The van der Waals surface area contributed by atoms with E-state index >= 15 is 0 Å². The van der Waals surface area contributed by atoms with E-state index in [0.29, 0.717) is 25.1 Å². The molecule has 0 unspecified atom stereocenters. The van der Waals surface area contributed by atoms with Crippen molar-refractivity contribution in [1.29, 1.82) is 0 Å². The predicted molar refractivity (Wildman–Crippen MR) is 105 cm³/mol. The van der Waals surface area contributed by atoms with Crippen molar-refractivity contribution in [2.75, 3.05) is 18.4 Å². The minimum Gasteiger partial charge on any atom is -0.444 e. The third kappa shape index (κ3) is 4.43. The predicted octanol–water partition coefficient (Wildman–Crippen LogP) is 4.00. The van der Waals surface area contributed by atoms with Gasteiger partial charge >= 0.3 is 6.09 Å². The van der Waals surface area contributed by atoms with Crippen LogP contribution in [0.2, 0.25) is 0 Å². The van der Waals surface area contributed by atoms with Crippen molar-refractivity contribution < 1.29 is 19.2 Å². The molecule has 1 amide bonds. The average molecular weight is 389 g/mol. The molecular formula is C20H27N3O5. The number of nitro groups is 1. The number of ether oxygens (including phenoxy) is 1. The van der Waals surface area contributed by atoms with E-state index in [1.807, 2.05) is 20.8 Å². The zero-order valence-electron chi connectivity index (χ0n) is 16.6. The lowest BCUT2D eigenvalue weighted by Gasteiger charge is -2.53. The van der Waals surface area contributed by atoms with E-state index in [4.69, 9.17) is 4.74 Å². The third-order valence-corrected chi connectivity index (χ3v) is 5.39. The maximum Gasteiger partial charge on any atom is 0.410 e. The summed E-state index contributed by atoms with van der Waals surface area (Å²) >= 11 is 0. The number of carbonyl (C=O) groups is 2. The van der Waals surface area contributed by atoms with Gasteiger partial charge in [-0.25, -0.2) is 4.79 Å². The Morgan fingerprint density at radius 3 is 2.71 bits per heavy atom. The smallest absolute Gasteiger partial charge is 0.410 e. The molecular weight excluding hydrogens is 362 g/mol. The zero-order valence-corrected chi connectivity index (χ0v) is 16.6. The number of hydrogen-bond acceptors (Lipinski definition) is 6. The van der Waals surface area contributed by atoms with Crippen molar-refractivity contribution in [2.45, 2.75) is 58.1 Å². The number of likely N-dealkylation sites (tertiary alicyclic amines) is 1. The Kier molecular flexibility index (Phi) is 5.32. The van der Waals surface area contributed by atoms with Gasteiger partial charge in [0.25, 0.3) is 5.69 Å². The first-order chi connectivity index (χ1) is 13.1. The van der Waals surface area contributed by atoms with Gasteiger partial charge in [0.05, 0.1) is 4.92 Å². The van der Waals surface area contributed by atoms with Crippen molar-refractivity contribution >= 4 is 23.8 Å². The van der Waals surface area contributed by atoms with Crippen molar-refractivity contribution in [3.8, 4) is 0 Å². The summed E-state index contributed by atoms with van der Waals surface area (Å²) in [7, 11) is 0. The second-order valence-electron chi connectivity index (χ2n) is 8.91. The molecule has 1 spiro atoms. The highest BCUT2D eigenvalue weighted by Gasteiger charge is 2.48. The first-order valence-electron chi connectivity index (χ1n) is 9.59. The number of nitrogens with zero attached hydrogens (tertiary/aromatic N) is 2.